The Balaban J connectivity index is 4.79. The molecule has 0 aromatic rings. The van der Waals surface area contributed by atoms with Gasteiger partial charge in [0, 0.05) is 19.3 Å². The molecular weight excluding hydrogens is 1070 g/mol. The van der Waals surface area contributed by atoms with Gasteiger partial charge in [-0.25, -0.2) is 4.57 Å². The number of hydrogen-bond donors (Lipinski definition) is 2. The largest absolute Gasteiger partial charge is 0.472 e. The van der Waals surface area contributed by atoms with Crippen LogP contribution < -0.4 is 0 Å². The molecule has 84 heavy (non-hydrogen) atoms. The predicted molar refractivity (Wildman–Crippen MR) is 353 cm³/mol. The molecule has 3 unspecified atom stereocenters. The highest BCUT2D eigenvalue weighted by Gasteiger charge is 2.28. The number of hydrogen-bond acceptors (Lipinski definition) is 10. The van der Waals surface area contributed by atoms with Crippen LogP contribution in [0.15, 0.2) is 122 Å². The van der Waals surface area contributed by atoms with Crippen molar-refractivity contribution in [2.75, 3.05) is 26.4 Å². The van der Waals surface area contributed by atoms with Crippen LogP contribution in [-0.4, -0.2) is 66.5 Å². The van der Waals surface area contributed by atoms with Gasteiger partial charge in [-0.2, -0.15) is 0 Å². The van der Waals surface area contributed by atoms with Crippen molar-refractivity contribution in [2.45, 2.75) is 290 Å². The Morgan fingerprint density at radius 2 is 0.643 bits per heavy atom. The number of rotatable bonds is 61. The average Bonchev–Trinajstić information content (AvgIpc) is 3.53. The minimum Gasteiger partial charge on any atom is -0.462 e. The minimum absolute atomic E-state index is 0.0342. The Morgan fingerprint density at radius 3 is 1.02 bits per heavy atom. The first-order valence-corrected chi connectivity index (χ1v) is 34.9. The Labute approximate surface area is 513 Å². The summed E-state index contributed by atoms with van der Waals surface area (Å²) in [5.41, 5.74) is 0. The van der Waals surface area contributed by atoms with Crippen LogP contribution in [0.25, 0.3) is 0 Å². The SMILES string of the molecule is CC/C=C\C/C=C\C/C=C\C/C=C\C/C=C\C/C=C\CCC(=O)OC(COC(=O)CCCCCCCC/C=C\C/C=C\C/C=C\C/C=C\CC)COP(=O)(O)OCC(CO)OC(=O)CCCCCCCCCCCCCCCCCCCCC. The predicted octanol–water partition coefficient (Wildman–Crippen LogP) is 20.7. The van der Waals surface area contributed by atoms with Crippen molar-refractivity contribution in [3.63, 3.8) is 0 Å². The Kier molecular flexibility index (Phi) is 61.7. The van der Waals surface area contributed by atoms with Crippen LogP contribution in [-0.2, 0) is 42.2 Å². The molecule has 480 valence electrons. The van der Waals surface area contributed by atoms with Crippen LogP contribution in [0.2, 0.25) is 0 Å². The number of allylic oxidation sites excluding steroid dienone is 20. The lowest BCUT2D eigenvalue weighted by molar-refractivity contribution is -0.161. The number of aliphatic hydroxyl groups is 1. The molecular formula is C72H121O11P. The van der Waals surface area contributed by atoms with Gasteiger partial charge in [-0.3, -0.25) is 23.4 Å². The molecule has 0 radical (unpaired) electrons. The van der Waals surface area contributed by atoms with Crippen molar-refractivity contribution in [2.24, 2.45) is 0 Å². The summed E-state index contributed by atoms with van der Waals surface area (Å²) in [5, 5.41) is 9.87. The highest BCUT2D eigenvalue weighted by Crippen LogP contribution is 2.43. The van der Waals surface area contributed by atoms with Gasteiger partial charge in [-0.15, -0.1) is 0 Å². The molecule has 0 aliphatic rings. The van der Waals surface area contributed by atoms with E-state index in [2.05, 4.69) is 130 Å². The van der Waals surface area contributed by atoms with E-state index in [9.17, 15) is 28.9 Å². The molecule has 0 heterocycles. The lowest BCUT2D eigenvalue weighted by Crippen LogP contribution is -2.30. The van der Waals surface area contributed by atoms with Gasteiger partial charge >= 0.3 is 25.7 Å². The van der Waals surface area contributed by atoms with E-state index in [0.717, 1.165) is 116 Å². The molecule has 11 nitrogen and oxygen atoms in total. The third-order valence-electron chi connectivity index (χ3n) is 13.9. The van der Waals surface area contributed by atoms with Crippen molar-refractivity contribution in [3.05, 3.63) is 122 Å². The van der Waals surface area contributed by atoms with Gasteiger partial charge in [0.05, 0.1) is 19.8 Å². The molecule has 0 aromatic heterocycles. The van der Waals surface area contributed by atoms with E-state index in [0.29, 0.717) is 25.7 Å². The fraction of sp³-hybridized carbons (Fsp3) is 0.681. The van der Waals surface area contributed by atoms with Crippen LogP contribution in [0.1, 0.15) is 278 Å². The molecule has 2 N–H and O–H groups in total. The van der Waals surface area contributed by atoms with E-state index in [1.807, 2.05) is 12.2 Å². The highest BCUT2D eigenvalue weighted by atomic mass is 31.2. The molecule has 0 amide bonds. The summed E-state index contributed by atoms with van der Waals surface area (Å²) in [6.07, 6.45) is 81.7. The minimum atomic E-state index is -4.79. The van der Waals surface area contributed by atoms with Crippen LogP contribution in [0.3, 0.4) is 0 Å². The zero-order chi connectivity index (χ0) is 61.2. The summed E-state index contributed by atoms with van der Waals surface area (Å²) < 4.78 is 39.6. The van der Waals surface area contributed by atoms with Crippen LogP contribution >= 0.6 is 7.82 Å². The molecule has 0 saturated heterocycles. The number of phosphoric ester groups is 1. The summed E-state index contributed by atoms with van der Waals surface area (Å²) in [5.74, 6) is -1.58. The second-order valence-corrected chi connectivity index (χ2v) is 23.3. The first-order valence-electron chi connectivity index (χ1n) is 33.4. The maximum Gasteiger partial charge on any atom is 0.472 e. The number of carbonyl (C=O) groups is 3. The molecule has 0 saturated carbocycles. The van der Waals surface area contributed by atoms with Gasteiger partial charge in [0.25, 0.3) is 0 Å². The zero-order valence-corrected chi connectivity index (χ0v) is 54.2. The number of ether oxygens (including phenoxy) is 3. The van der Waals surface area contributed by atoms with Crippen molar-refractivity contribution in [3.8, 4) is 0 Å². The lowest BCUT2D eigenvalue weighted by Gasteiger charge is -2.21. The maximum atomic E-state index is 13.0. The van der Waals surface area contributed by atoms with Crippen LogP contribution in [0.5, 0.6) is 0 Å². The summed E-state index contributed by atoms with van der Waals surface area (Å²) in [6, 6.07) is 0. The monoisotopic (exact) mass is 1190 g/mol. The van der Waals surface area contributed by atoms with Gasteiger partial charge in [-0.1, -0.05) is 284 Å². The number of phosphoric acid groups is 1. The van der Waals surface area contributed by atoms with Gasteiger partial charge in [0.1, 0.15) is 12.7 Å². The normalized spacial score (nSPS) is 14.0. The lowest BCUT2D eigenvalue weighted by atomic mass is 10.0. The fourth-order valence-electron chi connectivity index (χ4n) is 8.90. The van der Waals surface area contributed by atoms with Gasteiger partial charge < -0.3 is 24.2 Å². The molecule has 0 aliphatic carbocycles. The number of aliphatic hydroxyl groups excluding tert-OH is 1. The summed E-state index contributed by atoms with van der Waals surface area (Å²) in [7, 11) is -4.79. The van der Waals surface area contributed by atoms with Gasteiger partial charge in [0.15, 0.2) is 6.10 Å². The third kappa shape index (κ3) is 62.4. The summed E-state index contributed by atoms with van der Waals surface area (Å²) in [4.78, 5) is 48.8. The second-order valence-electron chi connectivity index (χ2n) is 21.9. The van der Waals surface area contributed by atoms with Crippen LogP contribution in [0.4, 0.5) is 0 Å². The molecule has 0 bridgehead atoms. The van der Waals surface area contributed by atoms with E-state index in [4.69, 9.17) is 23.3 Å². The first kappa shape index (κ1) is 79.9. The highest BCUT2D eigenvalue weighted by molar-refractivity contribution is 7.47. The van der Waals surface area contributed by atoms with E-state index in [-0.39, 0.29) is 25.9 Å². The third-order valence-corrected chi connectivity index (χ3v) is 14.8. The standard InChI is InChI=1S/C72H121O11P/c1-4-7-10-13-16-19-22-25-28-31-34-37-40-43-46-49-52-55-58-61-70(74)79-65-69(83-72(76)63-60-57-54-51-48-45-42-39-36-33-30-27-24-21-18-15-12-9-6-3)67-81-84(77,78)80-66-68(64-73)82-71(75)62-59-56-53-50-47-44-41-38-35-32-29-26-23-20-17-14-11-8-5-2/h7,9-10,12,16,18-19,21,25,27-28,30,34,36-37,39,45,48,54,57,68-69,73H,4-6,8,11,13-15,17,20,22-24,26,29,31-33,35,38,40-44,46-47,49-53,55-56,58-67H2,1-3H3,(H,77,78)/b10-7-,12-9-,19-16-,21-18-,28-25-,30-27-,37-34-,39-36-,48-45-,57-54-. The second kappa shape index (κ2) is 64.9. The van der Waals surface area contributed by atoms with E-state index < -0.39 is 57.8 Å². The molecule has 12 heteroatoms. The zero-order valence-electron chi connectivity index (χ0n) is 53.3. The summed E-state index contributed by atoms with van der Waals surface area (Å²) >= 11 is 0. The quantitative estimate of drug-likeness (QED) is 0.0197. The average molecular weight is 1190 g/mol. The van der Waals surface area contributed by atoms with Crippen LogP contribution in [0, 0.1) is 0 Å². The smallest absolute Gasteiger partial charge is 0.462 e. The maximum absolute atomic E-state index is 13.0. The molecule has 0 aliphatic heterocycles. The fourth-order valence-corrected chi connectivity index (χ4v) is 9.69. The molecule has 0 spiro atoms. The number of carbonyl (C=O) groups excluding carboxylic acids is 3. The van der Waals surface area contributed by atoms with Crippen molar-refractivity contribution >= 4 is 25.7 Å². The van der Waals surface area contributed by atoms with E-state index in [1.165, 1.54) is 96.3 Å². The van der Waals surface area contributed by atoms with E-state index in [1.54, 1.807) is 0 Å². The Morgan fingerprint density at radius 1 is 0.345 bits per heavy atom. The molecule has 0 fully saturated rings. The Bertz CT molecular complexity index is 1870. The summed E-state index contributed by atoms with van der Waals surface area (Å²) in [6.45, 7) is 4.36. The van der Waals surface area contributed by atoms with Gasteiger partial charge in [-0.05, 0) is 96.3 Å². The molecule has 3 atom stereocenters. The molecule has 0 rings (SSSR count). The number of unbranched alkanes of at least 4 members (excludes halogenated alkanes) is 24. The van der Waals surface area contributed by atoms with Gasteiger partial charge in [0.2, 0.25) is 0 Å². The Hall–Kier alpha value is -4.12. The van der Waals surface area contributed by atoms with E-state index >= 15 is 0 Å². The number of esters is 3. The topological polar surface area (TPSA) is 155 Å². The van der Waals surface area contributed by atoms with Crippen molar-refractivity contribution in [1.29, 1.82) is 0 Å². The first-order chi connectivity index (χ1) is 41.2. The molecule has 0 aromatic carbocycles. The van der Waals surface area contributed by atoms with Crippen molar-refractivity contribution < 1.29 is 52.2 Å². The van der Waals surface area contributed by atoms with Crippen molar-refractivity contribution in [1.82, 2.24) is 0 Å².